The van der Waals surface area contributed by atoms with Crippen LogP contribution < -0.4 is 9.47 Å². The van der Waals surface area contributed by atoms with Crippen LogP contribution in [0.2, 0.25) is 0 Å². The molecule has 0 heterocycles. The van der Waals surface area contributed by atoms with E-state index in [-0.39, 0.29) is 35.8 Å². The average molecular weight is 793 g/mol. The van der Waals surface area contributed by atoms with E-state index in [1.807, 2.05) is 60.7 Å². The first-order valence-electron chi connectivity index (χ1n) is 19.8. The van der Waals surface area contributed by atoms with Crippen LogP contribution in [0, 0.1) is 0 Å². The van der Waals surface area contributed by atoms with Gasteiger partial charge >= 0.3 is 17.9 Å². The molecule has 1 fully saturated rings. The van der Waals surface area contributed by atoms with Crippen LogP contribution in [0.4, 0.5) is 0 Å². The molecular weight excluding hydrogens is 741 g/mol. The maximum atomic E-state index is 13.1. The lowest BCUT2D eigenvalue weighted by molar-refractivity contribution is -0.151. The lowest BCUT2D eigenvalue weighted by atomic mass is 9.98. The summed E-state index contributed by atoms with van der Waals surface area (Å²) < 4.78 is 27.5. The van der Waals surface area contributed by atoms with E-state index in [1.165, 1.54) is 12.5 Å². The molecule has 4 aromatic carbocycles. The van der Waals surface area contributed by atoms with Gasteiger partial charge in [0.1, 0.15) is 17.6 Å². The van der Waals surface area contributed by atoms with E-state index in [1.54, 1.807) is 0 Å². The predicted octanol–water partition coefficient (Wildman–Crippen LogP) is 10.6. The first-order chi connectivity index (χ1) is 27.8. The van der Waals surface area contributed by atoms with E-state index in [9.17, 15) is 19.2 Å². The highest BCUT2D eigenvalue weighted by molar-refractivity contribution is 8.14. The van der Waals surface area contributed by atoms with Crippen LogP contribution in [0.5, 0.6) is 11.5 Å². The van der Waals surface area contributed by atoms with Crippen molar-refractivity contribution in [2.45, 2.75) is 88.0 Å². The number of unbranched alkanes of at least 4 members (excludes halogenated alkanes) is 4. The van der Waals surface area contributed by atoms with Gasteiger partial charge in [-0.3, -0.25) is 9.59 Å². The summed E-state index contributed by atoms with van der Waals surface area (Å²) in [6.45, 7) is 8.78. The number of rotatable bonds is 22. The highest BCUT2D eigenvalue weighted by Gasteiger charge is 2.20. The SMILES string of the molecule is C=CC(=O)OCCCCCCOc1ccc2cc(-c3ccc(C(=O)Sc4ccc(OCCCCOC(=O)C(=C)CC(=O)OC5CCCCC5)cc4)cc3)ccc2c1. The molecule has 0 radical (unpaired) electrons. The largest absolute Gasteiger partial charge is 0.494 e. The van der Waals surface area contributed by atoms with E-state index in [0.717, 1.165) is 95.7 Å². The Morgan fingerprint density at radius 2 is 1.25 bits per heavy atom. The van der Waals surface area contributed by atoms with Crippen LogP contribution >= 0.6 is 11.8 Å². The summed E-state index contributed by atoms with van der Waals surface area (Å²) in [4.78, 5) is 49.3. The van der Waals surface area contributed by atoms with Gasteiger partial charge in [-0.05, 0) is 152 Å². The van der Waals surface area contributed by atoms with Crippen LogP contribution in [0.15, 0.2) is 115 Å². The summed E-state index contributed by atoms with van der Waals surface area (Å²) in [5.41, 5.74) is 2.81. The van der Waals surface area contributed by atoms with Crippen molar-refractivity contribution >= 4 is 45.6 Å². The fourth-order valence-corrected chi connectivity index (χ4v) is 7.10. The molecule has 0 atom stereocenters. The summed E-state index contributed by atoms with van der Waals surface area (Å²) in [5, 5.41) is 2.14. The third kappa shape index (κ3) is 14.6. The Morgan fingerprint density at radius 3 is 1.98 bits per heavy atom. The van der Waals surface area contributed by atoms with Crippen molar-refractivity contribution in [2.24, 2.45) is 0 Å². The molecule has 1 aliphatic carbocycles. The van der Waals surface area contributed by atoms with Crippen LogP contribution in [0.1, 0.15) is 87.4 Å². The van der Waals surface area contributed by atoms with Crippen molar-refractivity contribution in [2.75, 3.05) is 26.4 Å². The summed E-state index contributed by atoms with van der Waals surface area (Å²) in [6.07, 6.45) is 11.0. The highest BCUT2D eigenvalue weighted by Crippen LogP contribution is 2.30. The molecule has 0 spiro atoms. The second-order valence-corrected chi connectivity index (χ2v) is 15.1. The molecule has 1 aliphatic rings. The quantitative estimate of drug-likeness (QED) is 0.0250. The molecule has 0 amide bonds. The van der Waals surface area contributed by atoms with Crippen LogP contribution in [0.3, 0.4) is 0 Å². The molecule has 9 nitrogen and oxygen atoms in total. The maximum absolute atomic E-state index is 13.1. The number of carbonyl (C=O) groups is 4. The molecule has 0 saturated heterocycles. The number of benzene rings is 4. The van der Waals surface area contributed by atoms with Crippen LogP contribution in [0.25, 0.3) is 21.9 Å². The summed E-state index contributed by atoms with van der Waals surface area (Å²) in [5.74, 6) is 0.134. The summed E-state index contributed by atoms with van der Waals surface area (Å²) in [7, 11) is 0. The van der Waals surface area contributed by atoms with Crippen molar-refractivity contribution in [3.05, 3.63) is 115 Å². The molecule has 57 heavy (non-hydrogen) atoms. The number of carbonyl (C=O) groups excluding carboxylic acids is 4. The van der Waals surface area contributed by atoms with Crippen molar-refractivity contribution < 1.29 is 42.9 Å². The third-order valence-electron chi connectivity index (χ3n) is 9.56. The first kappa shape index (κ1) is 42.8. The van der Waals surface area contributed by atoms with E-state index in [0.29, 0.717) is 44.0 Å². The van der Waals surface area contributed by atoms with Gasteiger partial charge in [-0.15, -0.1) is 0 Å². The molecule has 5 rings (SSSR count). The molecule has 1 saturated carbocycles. The van der Waals surface area contributed by atoms with Crippen LogP contribution in [-0.4, -0.2) is 55.6 Å². The second kappa shape index (κ2) is 23.0. The van der Waals surface area contributed by atoms with Crippen molar-refractivity contribution in [3.63, 3.8) is 0 Å². The van der Waals surface area contributed by atoms with Gasteiger partial charge in [0.25, 0.3) is 0 Å². The number of ether oxygens (including phenoxy) is 5. The van der Waals surface area contributed by atoms with Crippen molar-refractivity contribution in [3.8, 4) is 22.6 Å². The van der Waals surface area contributed by atoms with Gasteiger partial charge in [0.15, 0.2) is 0 Å². The monoisotopic (exact) mass is 792 g/mol. The zero-order chi connectivity index (χ0) is 40.2. The number of esters is 3. The van der Waals surface area contributed by atoms with Gasteiger partial charge in [-0.25, -0.2) is 9.59 Å². The lowest BCUT2D eigenvalue weighted by Gasteiger charge is -2.21. The fraction of sp³-hybridized carbons (Fsp3) is 0.362. The van der Waals surface area contributed by atoms with E-state index in [2.05, 4.69) is 37.4 Å². The first-order valence-corrected chi connectivity index (χ1v) is 20.6. The molecule has 0 aliphatic heterocycles. The minimum atomic E-state index is -0.579. The molecule has 0 aromatic heterocycles. The standard InChI is InChI=1S/C47H52O9S/c1-3-44(48)54-29-10-5-4-9-27-53-42-22-21-38-32-37(19-20-39(38)33-42)35-15-17-36(18-16-35)47(51)57-43-25-23-40(24-26-43)52-28-11-12-30-55-46(50)34(2)31-45(49)56-41-13-7-6-8-14-41/h3,15-26,32-33,41H,1-2,4-14,27-31H2. The Bertz CT molecular complexity index is 1960. The molecule has 10 heteroatoms. The minimum absolute atomic E-state index is 0.0476. The minimum Gasteiger partial charge on any atom is -0.494 e. The maximum Gasteiger partial charge on any atom is 0.333 e. The lowest BCUT2D eigenvalue weighted by Crippen LogP contribution is -2.22. The zero-order valence-electron chi connectivity index (χ0n) is 32.5. The summed E-state index contributed by atoms with van der Waals surface area (Å²) >= 11 is 1.16. The molecule has 300 valence electrons. The number of hydrogen-bond donors (Lipinski definition) is 0. The third-order valence-corrected chi connectivity index (χ3v) is 10.5. The van der Waals surface area contributed by atoms with E-state index in [4.69, 9.17) is 23.7 Å². The van der Waals surface area contributed by atoms with Gasteiger partial charge in [0.05, 0.1) is 32.8 Å². The van der Waals surface area contributed by atoms with Gasteiger partial charge in [-0.2, -0.15) is 0 Å². The Balaban J connectivity index is 0.967. The van der Waals surface area contributed by atoms with Gasteiger partial charge < -0.3 is 23.7 Å². The zero-order valence-corrected chi connectivity index (χ0v) is 33.4. The molecule has 0 unspecified atom stereocenters. The van der Waals surface area contributed by atoms with Gasteiger partial charge in [-0.1, -0.05) is 49.9 Å². The highest BCUT2D eigenvalue weighted by atomic mass is 32.2. The second-order valence-electron chi connectivity index (χ2n) is 14.0. The fourth-order valence-electron chi connectivity index (χ4n) is 6.36. The van der Waals surface area contributed by atoms with Crippen LogP contribution in [-0.2, 0) is 28.6 Å². The predicted molar refractivity (Wildman–Crippen MR) is 224 cm³/mol. The molecule has 0 N–H and O–H groups in total. The Kier molecular flexibility index (Phi) is 17.3. The topological polar surface area (TPSA) is 114 Å². The molecule has 0 bridgehead atoms. The van der Waals surface area contributed by atoms with E-state index < -0.39 is 11.9 Å². The normalized spacial score (nSPS) is 12.7. The molecular formula is C47H52O9S. The number of fused-ring (bicyclic) bond motifs is 1. The van der Waals surface area contributed by atoms with Crippen molar-refractivity contribution in [1.29, 1.82) is 0 Å². The van der Waals surface area contributed by atoms with Gasteiger partial charge in [0.2, 0.25) is 5.12 Å². The Hall–Kier alpha value is -5.35. The number of thioether (sulfide) groups is 1. The van der Waals surface area contributed by atoms with Crippen molar-refractivity contribution in [1.82, 2.24) is 0 Å². The van der Waals surface area contributed by atoms with E-state index >= 15 is 0 Å². The van der Waals surface area contributed by atoms with Gasteiger partial charge in [0, 0.05) is 22.1 Å². The summed E-state index contributed by atoms with van der Waals surface area (Å²) in [6, 6.07) is 27.4. The molecule has 4 aromatic rings. The number of hydrogen-bond acceptors (Lipinski definition) is 10. The Morgan fingerprint density at radius 1 is 0.649 bits per heavy atom. The smallest absolute Gasteiger partial charge is 0.333 e. The average Bonchev–Trinajstić information content (AvgIpc) is 3.23. The Labute approximate surface area is 339 Å².